The molecule has 1 amide bonds. The Balaban J connectivity index is 1.16. The smallest absolute Gasteiger partial charge is 0.416 e. The van der Waals surface area contributed by atoms with Crippen molar-refractivity contribution in [2.24, 2.45) is 5.16 Å². The van der Waals surface area contributed by atoms with Gasteiger partial charge in [0.2, 0.25) is 0 Å². The SMILES string of the molecule is COc1nccnc1OCC(=O)N1CCC(c2nc(C3=NOC(c4c(Cl)cccc4C(F)(F)F)C3)cs2)CC1. The third kappa shape index (κ3) is 5.93. The minimum Gasteiger partial charge on any atom is -0.477 e. The number of amides is 1. The normalized spacial score (nSPS) is 18.0. The van der Waals surface area contributed by atoms with Crippen molar-refractivity contribution in [1.29, 1.82) is 0 Å². The summed E-state index contributed by atoms with van der Waals surface area (Å²) in [6, 6.07) is 3.66. The molecule has 0 spiro atoms. The molecule has 5 rings (SSSR count). The molecule has 206 valence electrons. The molecule has 14 heteroatoms. The largest absolute Gasteiger partial charge is 0.477 e. The number of piperidine rings is 1. The molecule has 0 aliphatic carbocycles. The lowest BCUT2D eigenvalue weighted by molar-refractivity contribution is -0.139. The van der Waals surface area contributed by atoms with E-state index < -0.39 is 17.8 Å². The molecule has 1 unspecified atom stereocenters. The molecule has 0 bridgehead atoms. The van der Waals surface area contributed by atoms with Crippen molar-refractivity contribution in [3.05, 3.63) is 62.8 Å². The number of halogens is 4. The number of aromatic nitrogens is 3. The van der Waals surface area contributed by atoms with Gasteiger partial charge in [0.05, 0.1) is 23.4 Å². The van der Waals surface area contributed by atoms with Gasteiger partial charge in [-0.05, 0) is 25.0 Å². The van der Waals surface area contributed by atoms with E-state index in [4.69, 9.17) is 30.9 Å². The number of methoxy groups -OCH3 is 1. The topological polar surface area (TPSA) is 99.0 Å². The Bertz CT molecular complexity index is 1380. The van der Waals surface area contributed by atoms with Crippen LogP contribution in [0.15, 0.2) is 41.1 Å². The summed E-state index contributed by atoms with van der Waals surface area (Å²) in [5.41, 5.74) is 0.0836. The number of thiazole rings is 1. The van der Waals surface area contributed by atoms with Crippen LogP contribution >= 0.6 is 22.9 Å². The molecular weight excluding hydrogens is 559 g/mol. The fraction of sp³-hybridized carbons (Fsp3) is 0.400. The number of likely N-dealkylation sites (tertiary alicyclic amines) is 1. The lowest BCUT2D eigenvalue weighted by atomic mass is 9.97. The molecule has 2 aliphatic rings. The van der Waals surface area contributed by atoms with E-state index >= 15 is 0 Å². The van der Waals surface area contributed by atoms with Gasteiger partial charge in [0.25, 0.3) is 17.7 Å². The second-order valence-corrected chi connectivity index (χ2v) is 10.2. The van der Waals surface area contributed by atoms with E-state index in [0.29, 0.717) is 37.3 Å². The Morgan fingerprint density at radius 3 is 2.67 bits per heavy atom. The Morgan fingerprint density at radius 1 is 1.21 bits per heavy atom. The molecule has 2 aromatic heterocycles. The van der Waals surface area contributed by atoms with Crippen molar-refractivity contribution >= 4 is 34.6 Å². The highest BCUT2D eigenvalue weighted by Crippen LogP contribution is 2.42. The van der Waals surface area contributed by atoms with Crippen LogP contribution in [-0.2, 0) is 15.8 Å². The molecule has 1 saturated heterocycles. The number of ether oxygens (including phenoxy) is 2. The Hall–Kier alpha value is -3.45. The zero-order valence-electron chi connectivity index (χ0n) is 20.7. The van der Waals surface area contributed by atoms with Gasteiger partial charge in [-0.1, -0.05) is 22.8 Å². The van der Waals surface area contributed by atoms with Gasteiger partial charge in [-0.2, -0.15) is 13.2 Å². The number of carbonyl (C=O) groups excluding carboxylic acids is 1. The number of rotatable bonds is 7. The summed E-state index contributed by atoms with van der Waals surface area (Å²) in [7, 11) is 1.45. The molecule has 0 saturated carbocycles. The van der Waals surface area contributed by atoms with E-state index in [2.05, 4.69) is 15.1 Å². The van der Waals surface area contributed by atoms with Crippen LogP contribution in [0.4, 0.5) is 13.2 Å². The molecule has 1 fully saturated rings. The molecule has 9 nitrogen and oxygen atoms in total. The Morgan fingerprint density at radius 2 is 1.95 bits per heavy atom. The highest BCUT2D eigenvalue weighted by molar-refractivity contribution is 7.10. The number of benzene rings is 1. The number of oxime groups is 1. The van der Waals surface area contributed by atoms with Gasteiger partial charge in [0.15, 0.2) is 12.7 Å². The molecule has 1 atom stereocenters. The van der Waals surface area contributed by atoms with Crippen LogP contribution in [0, 0.1) is 0 Å². The number of carbonyl (C=O) groups is 1. The van der Waals surface area contributed by atoms with Gasteiger partial charge in [-0.3, -0.25) is 4.79 Å². The monoisotopic (exact) mass is 581 g/mol. The average molecular weight is 582 g/mol. The van der Waals surface area contributed by atoms with Crippen LogP contribution in [-0.4, -0.2) is 58.3 Å². The number of nitrogens with zero attached hydrogens (tertiary/aromatic N) is 5. The van der Waals surface area contributed by atoms with Crippen molar-refractivity contribution in [3.63, 3.8) is 0 Å². The predicted molar refractivity (Wildman–Crippen MR) is 136 cm³/mol. The van der Waals surface area contributed by atoms with Crippen LogP contribution in [0.1, 0.15) is 53.1 Å². The fourth-order valence-corrected chi connectivity index (χ4v) is 5.85. The van der Waals surface area contributed by atoms with Crippen molar-refractivity contribution in [2.75, 3.05) is 26.8 Å². The fourth-order valence-electron chi connectivity index (χ4n) is 4.55. The summed E-state index contributed by atoms with van der Waals surface area (Å²) < 4.78 is 51.2. The molecule has 4 heterocycles. The molecule has 2 aliphatic heterocycles. The van der Waals surface area contributed by atoms with E-state index in [1.54, 1.807) is 4.90 Å². The van der Waals surface area contributed by atoms with Crippen molar-refractivity contribution in [3.8, 4) is 11.8 Å². The molecule has 0 radical (unpaired) electrons. The minimum absolute atomic E-state index is 0.0206. The van der Waals surface area contributed by atoms with E-state index in [1.165, 1.54) is 43.0 Å². The summed E-state index contributed by atoms with van der Waals surface area (Å²) >= 11 is 7.58. The van der Waals surface area contributed by atoms with Crippen molar-refractivity contribution < 1.29 is 32.3 Å². The standard InChI is InChI=1S/C25H23ClF3N5O4S/c1-36-22-23(31-8-7-30-22)37-12-20(35)34-9-5-14(6-10-34)24-32-18(13-39-24)17-11-19(38-33-17)21-15(25(27,28)29)3-2-4-16(21)26/h2-4,7-8,13-14,19H,5-6,9-12H2,1H3. The summed E-state index contributed by atoms with van der Waals surface area (Å²) in [6.07, 6.45) is -1.04. The maximum atomic E-state index is 13.5. The molecular formula is C25H23ClF3N5O4S. The van der Waals surface area contributed by atoms with Gasteiger partial charge in [0.1, 0.15) is 5.71 Å². The van der Waals surface area contributed by atoms with Crippen molar-refractivity contribution in [1.82, 2.24) is 19.9 Å². The second-order valence-electron chi connectivity index (χ2n) is 8.92. The molecule has 0 N–H and O–H groups in total. The lowest BCUT2D eigenvalue weighted by Crippen LogP contribution is -2.40. The molecule has 1 aromatic carbocycles. The number of alkyl halides is 3. The summed E-state index contributed by atoms with van der Waals surface area (Å²) in [5.74, 6) is 0.346. The van der Waals surface area contributed by atoms with Gasteiger partial charge < -0.3 is 19.2 Å². The third-order valence-electron chi connectivity index (χ3n) is 6.52. The first-order valence-electron chi connectivity index (χ1n) is 12.0. The van der Waals surface area contributed by atoms with Gasteiger partial charge in [-0.25, -0.2) is 15.0 Å². The summed E-state index contributed by atoms with van der Waals surface area (Å²) in [6.45, 7) is 0.903. The first-order chi connectivity index (χ1) is 18.7. The maximum Gasteiger partial charge on any atom is 0.416 e. The highest BCUT2D eigenvalue weighted by Gasteiger charge is 2.39. The quantitative estimate of drug-likeness (QED) is 0.375. The lowest BCUT2D eigenvalue weighted by Gasteiger charge is -2.31. The summed E-state index contributed by atoms with van der Waals surface area (Å²) in [4.78, 5) is 32.5. The number of hydrogen-bond donors (Lipinski definition) is 0. The Labute approximate surface area is 230 Å². The first kappa shape index (κ1) is 27.1. The van der Waals surface area contributed by atoms with Crippen LogP contribution in [0.5, 0.6) is 11.8 Å². The van der Waals surface area contributed by atoms with Crippen LogP contribution in [0.3, 0.4) is 0 Å². The zero-order valence-corrected chi connectivity index (χ0v) is 22.2. The van der Waals surface area contributed by atoms with E-state index in [9.17, 15) is 18.0 Å². The van der Waals surface area contributed by atoms with E-state index in [1.807, 2.05) is 5.38 Å². The highest BCUT2D eigenvalue weighted by atomic mass is 35.5. The van der Waals surface area contributed by atoms with Crippen molar-refractivity contribution in [2.45, 2.75) is 37.5 Å². The predicted octanol–water partition coefficient (Wildman–Crippen LogP) is 5.26. The first-order valence-corrected chi connectivity index (χ1v) is 13.3. The average Bonchev–Trinajstić information content (AvgIpc) is 3.62. The third-order valence-corrected chi connectivity index (χ3v) is 7.86. The van der Waals surface area contributed by atoms with Gasteiger partial charge in [-0.15, -0.1) is 11.3 Å². The second kappa shape index (κ2) is 11.3. The summed E-state index contributed by atoms with van der Waals surface area (Å²) in [5, 5.41) is 6.73. The Kier molecular flexibility index (Phi) is 7.89. The van der Waals surface area contributed by atoms with Crippen LogP contribution in [0.25, 0.3) is 0 Å². The minimum atomic E-state index is -4.56. The molecule has 39 heavy (non-hydrogen) atoms. The van der Waals surface area contributed by atoms with Gasteiger partial charge >= 0.3 is 6.18 Å². The van der Waals surface area contributed by atoms with Crippen LogP contribution in [0.2, 0.25) is 5.02 Å². The molecule has 3 aromatic rings. The maximum absolute atomic E-state index is 13.5. The van der Waals surface area contributed by atoms with E-state index in [-0.39, 0.29) is 47.2 Å². The van der Waals surface area contributed by atoms with Crippen LogP contribution < -0.4 is 9.47 Å². The number of hydrogen-bond acceptors (Lipinski definition) is 9. The zero-order chi connectivity index (χ0) is 27.6. The van der Waals surface area contributed by atoms with Gasteiger partial charge in [0, 0.05) is 53.8 Å². The van der Waals surface area contributed by atoms with E-state index in [0.717, 1.165) is 11.1 Å².